The number of nitrogens with zero attached hydrogens (tertiary/aromatic N) is 1. The fourth-order valence-electron chi connectivity index (χ4n) is 2.86. The third-order valence-corrected chi connectivity index (χ3v) is 4.86. The molecule has 29 heavy (non-hydrogen) atoms. The number of rotatable bonds is 11. The van der Waals surface area contributed by atoms with Crippen molar-refractivity contribution < 1.29 is 34.2 Å². The molecule has 1 aliphatic heterocycles. The third kappa shape index (κ3) is 7.18. The first kappa shape index (κ1) is 24.7. The summed E-state index contributed by atoms with van der Waals surface area (Å²) in [5.74, 6) is -4.15. The van der Waals surface area contributed by atoms with Crippen LogP contribution in [0.4, 0.5) is 0 Å². The SMILES string of the molecule is NC(=O)CCC(NC(=O)C(N)CS)C(=O)NC(CO)C(=O)N1CCCC1C(=O)O. The Morgan fingerprint density at radius 1 is 1.14 bits per heavy atom. The lowest BCUT2D eigenvalue weighted by molar-refractivity contribution is -0.150. The van der Waals surface area contributed by atoms with Gasteiger partial charge in [0, 0.05) is 18.7 Å². The zero-order chi connectivity index (χ0) is 22.1. The molecule has 0 saturated carbocycles. The van der Waals surface area contributed by atoms with Gasteiger partial charge in [0.25, 0.3) is 0 Å². The summed E-state index contributed by atoms with van der Waals surface area (Å²) in [5.41, 5.74) is 10.6. The Morgan fingerprint density at radius 3 is 2.28 bits per heavy atom. The maximum atomic E-state index is 12.6. The highest BCUT2D eigenvalue weighted by Gasteiger charge is 2.38. The monoisotopic (exact) mass is 433 g/mol. The molecule has 0 aromatic heterocycles. The second kappa shape index (κ2) is 11.6. The summed E-state index contributed by atoms with van der Waals surface area (Å²) in [6.45, 7) is -0.596. The van der Waals surface area contributed by atoms with Crippen molar-refractivity contribution in [2.75, 3.05) is 18.9 Å². The summed E-state index contributed by atoms with van der Waals surface area (Å²) in [7, 11) is 0. The van der Waals surface area contributed by atoms with E-state index in [0.717, 1.165) is 4.90 Å². The van der Waals surface area contributed by atoms with Crippen molar-refractivity contribution in [1.82, 2.24) is 15.5 Å². The van der Waals surface area contributed by atoms with E-state index >= 15 is 0 Å². The molecule has 1 saturated heterocycles. The van der Waals surface area contributed by atoms with Crippen molar-refractivity contribution >= 4 is 42.2 Å². The standard InChI is InChI=1S/C16H27N5O7S/c17-8(7-29)13(24)19-9(3-4-12(18)23)14(25)20-10(6-22)15(26)21-5-1-2-11(21)16(27)28/h8-11,22,29H,1-7,17H2,(H2,18,23)(H,19,24)(H,20,25)(H,27,28). The van der Waals surface area contributed by atoms with Crippen molar-refractivity contribution in [3.63, 3.8) is 0 Å². The molecule has 4 unspecified atom stereocenters. The topological polar surface area (TPSA) is 205 Å². The number of nitrogens with one attached hydrogen (secondary N) is 2. The smallest absolute Gasteiger partial charge is 0.326 e. The zero-order valence-corrected chi connectivity index (χ0v) is 16.6. The lowest BCUT2D eigenvalue weighted by atomic mass is 10.1. The van der Waals surface area contributed by atoms with Crippen LogP contribution in [-0.4, -0.2) is 87.8 Å². The van der Waals surface area contributed by atoms with Gasteiger partial charge in [-0.25, -0.2) is 4.79 Å². The van der Waals surface area contributed by atoms with Gasteiger partial charge in [0.2, 0.25) is 23.6 Å². The zero-order valence-electron chi connectivity index (χ0n) is 15.7. The van der Waals surface area contributed by atoms with E-state index in [0.29, 0.717) is 6.42 Å². The Bertz CT molecular complexity index is 647. The van der Waals surface area contributed by atoms with Gasteiger partial charge < -0.3 is 37.2 Å². The van der Waals surface area contributed by atoms with E-state index in [1.54, 1.807) is 0 Å². The van der Waals surface area contributed by atoms with Gasteiger partial charge in [0.15, 0.2) is 0 Å². The van der Waals surface area contributed by atoms with Crippen LogP contribution >= 0.6 is 12.6 Å². The van der Waals surface area contributed by atoms with Crippen molar-refractivity contribution in [2.24, 2.45) is 11.5 Å². The molecule has 0 bridgehead atoms. The van der Waals surface area contributed by atoms with Gasteiger partial charge in [-0.1, -0.05) is 0 Å². The van der Waals surface area contributed by atoms with Crippen molar-refractivity contribution in [2.45, 2.75) is 49.9 Å². The molecule has 13 heteroatoms. The highest BCUT2D eigenvalue weighted by Crippen LogP contribution is 2.18. The van der Waals surface area contributed by atoms with Gasteiger partial charge in [-0.15, -0.1) is 0 Å². The van der Waals surface area contributed by atoms with E-state index in [1.165, 1.54) is 0 Å². The summed E-state index contributed by atoms with van der Waals surface area (Å²) >= 11 is 3.89. The van der Waals surface area contributed by atoms with E-state index < -0.39 is 60.4 Å². The summed E-state index contributed by atoms with van der Waals surface area (Å²) in [6, 6.07) is -4.68. The van der Waals surface area contributed by atoms with Gasteiger partial charge in [0.05, 0.1) is 12.6 Å². The number of aliphatic hydroxyl groups excluding tert-OH is 1. The van der Waals surface area contributed by atoms with Gasteiger partial charge >= 0.3 is 5.97 Å². The van der Waals surface area contributed by atoms with Gasteiger partial charge in [-0.05, 0) is 19.3 Å². The van der Waals surface area contributed by atoms with Crippen LogP contribution in [0.5, 0.6) is 0 Å². The third-order valence-electron chi connectivity index (χ3n) is 4.46. The molecular formula is C16H27N5O7S. The minimum Gasteiger partial charge on any atom is -0.480 e. The van der Waals surface area contributed by atoms with Crippen LogP contribution in [0.1, 0.15) is 25.7 Å². The highest BCUT2D eigenvalue weighted by atomic mass is 32.1. The molecule has 1 fully saturated rings. The number of amides is 4. The van der Waals surface area contributed by atoms with E-state index in [1.807, 2.05) is 0 Å². The Kier molecular flexibility index (Phi) is 9.85. The van der Waals surface area contributed by atoms with Crippen LogP contribution in [-0.2, 0) is 24.0 Å². The molecule has 4 amide bonds. The van der Waals surface area contributed by atoms with E-state index in [-0.39, 0.29) is 31.6 Å². The van der Waals surface area contributed by atoms with Crippen molar-refractivity contribution in [3.8, 4) is 0 Å². The average Bonchev–Trinajstić information content (AvgIpc) is 3.17. The van der Waals surface area contributed by atoms with Crippen LogP contribution < -0.4 is 22.1 Å². The van der Waals surface area contributed by atoms with E-state index in [4.69, 9.17) is 11.5 Å². The Morgan fingerprint density at radius 2 is 1.76 bits per heavy atom. The fraction of sp³-hybridized carbons (Fsp3) is 0.688. The Balaban J connectivity index is 2.87. The van der Waals surface area contributed by atoms with Crippen molar-refractivity contribution in [1.29, 1.82) is 0 Å². The molecule has 8 N–H and O–H groups in total. The number of carboxylic acid groups (broad SMARTS) is 1. The van der Waals surface area contributed by atoms with Crippen LogP contribution in [0.3, 0.4) is 0 Å². The number of aliphatic carboxylic acids is 1. The minimum absolute atomic E-state index is 0.0132. The van der Waals surface area contributed by atoms with Crippen LogP contribution in [0.2, 0.25) is 0 Å². The summed E-state index contributed by atoms with van der Waals surface area (Å²) in [6.07, 6.45) is 0.374. The molecule has 0 aliphatic carbocycles. The number of carbonyl (C=O) groups excluding carboxylic acids is 4. The normalized spacial score (nSPS) is 19.1. The lowest BCUT2D eigenvalue weighted by Gasteiger charge is -2.28. The molecular weight excluding hydrogens is 406 g/mol. The largest absolute Gasteiger partial charge is 0.480 e. The molecule has 0 spiro atoms. The molecule has 1 rings (SSSR count). The summed E-state index contributed by atoms with van der Waals surface area (Å²) in [4.78, 5) is 60.5. The van der Waals surface area contributed by atoms with E-state index in [9.17, 15) is 34.2 Å². The first-order valence-electron chi connectivity index (χ1n) is 9.02. The first-order valence-corrected chi connectivity index (χ1v) is 9.65. The van der Waals surface area contributed by atoms with Crippen LogP contribution in [0.15, 0.2) is 0 Å². The molecule has 0 aromatic rings. The molecule has 0 aromatic carbocycles. The number of primary amides is 1. The average molecular weight is 433 g/mol. The number of carboxylic acids is 1. The maximum absolute atomic E-state index is 12.6. The van der Waals surface area contributed by atoms with Gasteiger partial charge in [0.1, 0.15) is 18.1 Å². The predicted molar refractivity (Wildman–Crippen MR) is 104 cm³/mol. The summed E-state index contributed by atoms with van der Waals surface area (Å²) in [5, 5.41) is 23.4. The lowest BCUT2D eigenvalue weighted by Crippen LogP contribution is -2.58. The number of aliphatic hydroxyl groups is 1. The molecule has 164 valence electrons. The molecule has 4 atom stereocenters. The number of thiol groups is 1. The molecule has 1 heterocycles. The Hall–Kier alpha value is -2.38. The molecule has 1 aliphatic rings. The van der Waals surface area contributed by atoms with Crippen molar-refractivity contribution in [3.05, 3.63) is 0 Å². The number of likely N-dealkylation sites (tertiary alicyclic amines) is 1. The quantitative estimate of drug-likeness (QED) is 0.163. The van der Waals surface area contributed by atoms with E-state index in [2.05, 4.69) is 23.3 Å². The number of hydrogen-bond donors (Lipinski definition) is 7. The predicted octanol–water partition coefficient (Wildman–Crippen LogP) is -3.45. The van der Waals surface area contributed by atoms with Gasteiger partial charge in [-0.3, -0.25) is 19.2 Å². The number of carbonyl (C=O) groups is 5. The second-order valence-corrected chi connectivity index (χ2v) is 6.99. The van der Waals surface area contributed by atoms with Crippen LogP contribution in [0, 0.1) is 0 Å². The second-order valence-electron chi connectivity index (χ2n) is 6.63. The highest BCUT2D eigenvalue weighted by molar-refractivity contribution is 7.80. The Labute approximate surface area is 172 Å². The minimum atomic E-state index is -1.41. The fourth-order valence-corrected chi connectivity index (χ4v) is 3.03. The summed E-state index contributed by atoms with van der Waals surface area (Å²) < 4.78 is 0. The number of hydrogen-bond acceptors (Lipinski definition) is 8. The first-order chi connectivity index (χ1) is 13.6. The number of nitrogens with two attached hydrogens (primary N) is 2. The maximum Gasteiger partial charge on any atom is 0.326 e. The van der Waals surface area contributed by atoms with Gasteiger partial charge in [-0.2, -0.15) is 12.6 Å². The molecule has 12 nitrogen and oxygen atoms in total. The molecule has 0 radical (unpaired) electrons. The van der Waals surface area contributed by atoms with Crippen LogP contribution in [0.25, 0.3) is 0 Å².